The number of nitrogens with one attached hydrogen (secondary N) is 1. The molecule has 170 valence electrons. The molecular formula is C15H25FN5O8P. The lowest BCUT2D eigenvalue weighted by Crippen LogP contribution is -2.52. The minimum Gasteiger partial charge on any atom is -0.462 e. The summed E-state index contributed by atoms with van der Waals surface area (Å²) in [7, 11) is -4.65. The minimum absolute atomic E-state index is 0.0970. The Balaban J connectivity index is 2.07. The molecule has 1 saturated heterocycles. The van der Waals surface area contributed by atoms with Gasteiger partial charge in [0.15, 0.2) is 18.1 Å². The third kappa shape index (κ3) is 5.60. The second-order valence-corrected chi connectivity index (χ2v) is 8.59. The molecule has 2 heterocycles. The number of aromatic nitrogens is 2. The smallest absolute Gasteiger partial charge is 0.403 e. The van der Waals surface area contributed by atoms with Crippen molar-refractivity contribution in [2.45, 2.75) is 57.1 Å². The molecule has 2 rings (SSSR count). The normalized spacial score (nSPS) is 29.5. The number of anilines is 1. The highest BCUT2D eigenvalue weighted by molar-refractivity contribution is 7.50. The number of esters is 1. The summed E-state index contributed by atoms with van der Waals surface area (Å²) >= 11 is 0. The van der Waals surface area contributed by atoms with Crippen LogP contribution in [0.1, 0.15) is 27.0 Å². The highest BCUT2D eigenvalue weighted by Crippen LogP contribution is 2.42. The van der Waals surface area contributed by atoms with Crippen LogP contribution >= 0.6 is 7.75 Å². The van der Waals surface area contributed by atoms with Crippen molar-refractivity contribution in [1.82, 2.24) is 14.6 Å². The number of nitrogens with two attached hydrogens (primary N) is 2. The van der Waals surface area contributed by atoms with Gasteiger partial charge in [0.1, 0.15) is 24.6 Å². The van der Waals surface area contributed by atoms with Crippen molar-refractivity contribution >= 4 is 19.5 Å². The van der Waals surface area contributed by atoms with Crippen LogP contribution in [0.4, 0.5) is 10.2 Å². The predicted octanol–water partition coefficient (Wildman–Crippen LogP) is -1.24. The van der Waals surface area contributed by atoms with Crippen LogP contribution in [-0.4, -0.2) is 62.3 Å². The number of alkyl halides is 1. The number of rotatable bonds is 8. The Kier molecular flexibility index (Phi) is 7.35. The molecule has 1 aromatic rings. The van der Waals surface area contributed by atoms with Crippen molar-refractivity contribution in [2.24, 2.45) is 5.73 Å². The number of aliphatic hydroxyl groups is 1. The van der Waals surface area contributed by atoms with E-state index in [1.165, 1.54) is 13.0 Å². The zero-order valence-corrected chi connectivity index (χ0v) is 17.4. The summed E-state index contributed by atoms with van der Waals surface area (Å²) in [5, 5.41) is 12.1. The Morgan fingerprint density at radius 1 is 1.53 bits per heavy atom. The molecule has 1 aliphatic heterocycles. The SMILES string of the molecule is CC(C)OC(=O)[C@H](C)NP(=O)(O)OC[C@@]1(N)O[C@@H](n2ccc(N)nc2=O)[C@H](O)[C@@H]1F. The summed E-state index contributed by atoms with van der Waals surface area (Å²) in [6.07, 6.45) is -5.11. The number of carbonyl (C=O) groups is 1. The molecule has 6 atom stereocenters. The maximum Gasteiger partial charge on any atom is 0.403 e. The molecule has 0 aliphatic carbocycles. The van der Waals surface area contributed by atoms with E-state index in [0.29, 0.717) is 0 Å². The van der Waals surface area contributed by atoms with Crippen LogP contribution in [0.2, 0.25) is 0 Å². The third-order valence-electron chi connectivity index (χ3n) is 4.05. The molecule has 0 radical (unpaired) electrons. The topological polar surface area (TPSA) is 201 Å². The average Bonchev–Trinajstić information content (AvgIpc) is 2.84. The summed E-state index contributed by atoms with van der Waals surface area (Å²) in [6.45, 7) is 3.46. The number of aliphatic hydroxyl groups excluding tert-OH is 1. The fourth-order valence-corrected chi connectivity index (χ4v) is 3.65. The fraction of sp³-hybridized carbons (Fsp3) is 0.667. The number of ether oxygens (including phenoxy) is 2. The molecule has 1 aliphatic rings. The van der Waals surface area contributed by atoms with Crippen molar-refractivity contribution in [3.05, 3.63) is 22.7 Å². The number of hydrogen-bond donors (Lipinski definition) is 5. The summed E-state index contributed by atoms with van der Waals surface area (Å²) < 4.78 is 42.5. The van der Waals surface area contributed by atoms with Gasteiger partial charge in [0.25, 0.3) is 0 Å². The molecule has 30 heavy (non-hydrogen) atoms. The van der Waals surface area contributed by atoms with E-state index < -0.39 is 62.4 Å². The molecule has 1 fully saturated rings. The van der Waals surface area contributed by atoms with Gasteiger partial charge in [-0.2, -0.15) is 4.98 Å². The second-order valence-electron chi connectivity index (χ2n) is 7.03. The highest BCUT2D eigenvalue weighted by atomic mass is 31.2. The van der Waals surface area contributed by atoms with E-state index in [2.05, 4.69) is 4.98 Å². The van der Waals surface area contributed by atoms with Crippen molar-refractivity contribution in [2.75, 3.05) is 12.3 Å². The van der Waals surface area contributed by atoms with Gasteiger partial charge in [-0.3, -0.25) is 19.6 Å². The van der Waals surface area contributed by atoms with Crippen LogP contribution in [-0.2, 0) is 23.4 Å². The lowest BCUT2D eigenvalue weighted by atomic mass is 10.1. The Labute approximate surface area is 170 Å². The zero-order valence-electron chi connectivity index (χ0n) is 16.5. The molecule has 7 N–H and O–H groups in total. The standard InChI is InChI=1S/C15H25FN5O8P/c1-7(2)28-13(23)8(3)20-30(25,26)27-6-15(18)11(16)10(22)12(29-15)21-5-4-9(17)19-14(21)24/h4-5,7-8,10-12,22H,6,18H2,1-3H3,(H2,17,19,24)(H2,20,25,26)/t8-,10+,11-,12+,15+/m0/s1. The average molecular weight is 453 g/mol. The Hall–Kier alpha value is -1.93. The van der Waals surface area contributed by atoms with E-state index >= 15 is 0 Å². The van der Waals surface area contributed by atoms with Crippen molar-refractivity contribution in [3.63, 3.8) is 0 Å². The molecule has 0 aromatic carbocycles. The Morgan fingerprint density at radius 3 is 2.73 bits per heavy atom. The molecule has 13 nitrogen and oxygen atoms in total. The predicted molar refractivity (Wildman–Crippen MR) is 100 cm³/mol. The molecule has 15 heteroatoms. The van der Waals surface area contributed by atoms with Gasteiger partial charge in [-0.05, 0) is 26.8 Å². The molecule has 0 spiro atoms. The van der Waals surface area contributed by atoms with Gasteiger partial charge in [0.2, 0.25) is 0 Å². The van der Waals surface area contributed by atoms with Gasteiger partial charge in [-0.25, -0.2) is 18.8 Å². The van der Waals surface area contributed by atoms with Gasteiger partial charge in [-0.1, -0.05) is 0 Å². The molecule has 0 bridgehead atoms. The summed E-state index contributed by atoms with van der Waals surface area (Å²) in [6, 6.07) is 0.00156. The van der Waals surface area contributed by atoms with Crippen LogP contribution in [0.5, 0.6) is 0 Å². The Morgan fingerprint density at radius 2 is 2.17 bits per heavy atom. The maximum atomic E-state index is 14.6. The highest BCUT2D eigenvalue weighted by Gasteiger charge is 2.55. The van der Waals surface area contributed by atoms with Crippen molar-refractivity contribution in [1.29, 1.82) is 0 Å². The van der Waals surface area contributed by atoms with Gasteiger partial charge in [0.05, 0.1) is 6.10 Å². The maximum absolute atomic E-state index is 14.6. The summed E-state index contributed by atoms with van der Waals surface area (Å²) in [4.78, 5) is 37.0. The monoisotopic (exact) mass is 453 g/mol. The van der Waals surface area contributed by atoms with E-state index in [4.69, 9.17) is 25.5 Å². The van der Waals surface area contributed by atoms with Gasteiger partial charge in [0, 0.05) is 6.20 Å². The first kappa shape index (κ1) is 24.3. The number of hydrogen-bond acceptors (Lipinski definition) is 10. The first-order chi connectivity index (χ1) is 13.8. The van der Waals surface area contributed by atoms with Gasteiger partial charge in [-0.15, -0.1) is 0 Å². The second kappa shape index (κ2) is 9.06. The quantitative estimate of drug-likeness (QED) is 0.232. The molecular weight excluding hydrogens is 428 g/mol. The van der Waals surface area contributed by atoms with E-state index in [1.54, 1.807) is 13.8 Å². The third-order valence-corrected chi connectivity index (χ3v) is 5.24. The van der Waals surface area contributed by atoms with E-state index in [9.17, 15) is 28.5 Å². The largest absolute Gasteiger partial charge is 0.462 e. The molecule has 1 aromatic heterocycles. The van der Waals surface area contributed by atoms with Crippen LogP contribution in [0, 0.1) is 0 Å². The number of halogens is 1. The first-order valence-corrected chi connectivity index (χ1v) is 10.4. The van der Waals surface area contributed by atoms with Crippen molar-refractivity contribution in [3.8, 4) is 0 Å². The number of nitrogens with zero attached hydrogens (tertiary/aromatic N) is 2. The molecule has 0 amide bonds. The first-order valence-electron chi connectivity index (χ1n) is 8.85. The Bertz CT molecular complexity index is 885. The van der Waals surface area contributed by atoms with Gasteiger partial charge >= 0.3 is 19.4 Å². The number of nitrogen functional groups attached to an aromatic ring is 1. The lowest BCUT2D eigenvalue weighted by molar-refractivity contribution is -0.149. The lowest BCUT2D eigenvalue weighted by Gasteiger charge is -2.27. The van der Waals surface area contributed by atoms with Crippen molar-refractivity contribution < 1.29 is 37.7 Å². The van der Waals surface area contributed by atoms with Crippen LogP contribution in [0.15, 0.2) is 17.1 Å². The van der Waals surface area contributed by atoms with Crippen LogP contribution in [0.25, 0.3) is 0 Å². The minimum atomic E-state index is -4.65. The van der Waals surface area contributed by atoms with Crippen LogP contribution in [0.3, 0.4) is 0 Å². The van der Waals surface area contributed by atoms with E-state index in [0.717, 1.165) is 10.8 Å². The zero-order chi connectivity index (χ0) is 22.9. The molecule has 0 saturated carbocycles. The van der Waals surface area contributed by atoms with E-state index in [-0.39, 0.29) is 5.82 Å². The van der Waals surface area contributed by atoms with E-state index in [1.807, 2.05) is 5.09 Å². The summed E-state index contributed by atoms with van der Waals surface area (Å²) in [5.41, 5.74) is 7.84. The summed E-state index contributed by atoms with van der Waals surface area (Å²) in [5.74, 6) is -0.906. The molecule has 1 unspecified atom stereocenters. The number of carbonyl (C=O) groups excluding carboxylic acids is 1. The van der Waals surface area contributed by atoms with Crippen LogP contribution < -0.4 is 22.2 Å². The fourth-order valence-electron chi connectivity index (χ4n) is 2.61. The van der Waals surface area contributed by atoms with Gasteiger partial charge < -0.3 is 25.2 Å².